The van der Waals surface area contributed by atoms with Gasteiger partial charge in [-0.15, -0.1) is 11.3 Å². The number of sulfonamides is 4. The second-order valence-electron chi connectivity index (χ2n) is 21.0. The van der Waals surface area contributed by atoms with Gasteiger partial charge in [0.15, 0.2) is 23.3 Å². The Morgan fingerprint density at radius 3 is 1.08 bits per heavy atom. The van der Waals surface area contributed by atoms with Gasteiger partial charge < -0.3 is 33.9 Å². The van der Waals surface area contributed by atoms with Crippen molar-refractivity contribution in [2.45, 2.75) is 125 Å². The number of nitrogens with one attached hydrogen (secondary N) is 4. The monoisotopic (exact) mass is 1290 g/mol. The molecule has 3 aliphatic rings. The van der Waals surface area contributed by atoms with Crippen molar-refractivity contribution in [3.63, 3.8) is 0 Å². The molecule has 85 heavy (non-hydrogen) atoms. The van der Waals surface area contributed by atoms with Crippen LogP contribution >= 0.6 is 0 Å². The van der Waals surface area contributed by atoms with Gasteiger partial charge in [-0.2, -0.15) is 0 Å². The first-order valence-electron chi connectivity index (χ1n) is 27.6. The summed E-state index contributed by atoms with van der Waals surface area (Å²) in [6.45, 7) is 16.8. The molecule has 0 atom stereocenters. The van der Waals surface area contributed by atoms with E-state index in [4.69, 9.17) is 58.8 Å². The first-order chi connectivity index (χ1) is 39.9. The Hall–Kier alpha value is -5.76. The van der Waals surface area contributed by atoms with Crippen molar-refractivity contribution in [1.29, 1.82) is 0 Å². The van der Waals surface area contributed by atoms with Gasteiger partial charge in [-0.3, -0.25) is 0 Å². The molecule has 3 aliphatic heterocycles. The molecule has 0 unspecified atom stereocenters. The molecule has 0 amide bonds. The summed E-state index contributed by atoms with van der Waals surface area (Å²) in [4.78, 5) is 38.8. The van der Waals surface area contributed by atoms with E-state index in [1.165, 1.54) is 72.8 Å². The first-order valence-corrected chi connectivity index (χ1v) is 33.6. The topological polar surface area (TPSA) is 327 Å². The number of benzene rings is 4. The van der Waals surface area contributed by atoms with Crippen molar-refractivity contribution in [3.05, 3.63) is 72.8 Å². The molecule has 5 heterocycles. The fourth-order valence-corrected chi connectivity index (χ4v) is 13.4. The van der Waals surface area contributed by atoms with Gasteiger partial charge in [0.05, 0.1) is 44.0 Å². The van der Waals surface area contributed by atoms with Crippen LogP contribution in [0.2, 0.25) is 0 Å². The van der Waals surface area contributed by atoms with Crippen LogP contribution in [0.15, 0.2) is 92.4 Å². The van der Waals surface area contributed by atoms with E-state index in [9.17, 15) is 33.7 Å². The predicted octanol–water partition coefficient (Wildman–Crippen LogP) is 6.40. The number of nitrogens with zero attached hydrogens (tertiary/aromatic N) is 8. The fourth-order valence-electron chi connectivity index (χ4n) is 8.97. The fraction of sp³-hybridized carbons (Fsp3) is 0.429. The zero-order valence-electron chi connectivity index (χ0n) is 48.1. The van der Waals surface area contributed by atoms with Gasteiger partial charge in [-0.25, -0.2) is 77.5 Å². The standard InChI is InChI=1S/C56H68N12O12S4.Cu/c1-33(2)77-25-9-21-57-81(69,70)37-13-17-41-45(29-37)53-61-49(41)66-54-47-31-39(83(73,74)59-23-11-27-79-35(5)6)15-19-43(47)51(63-54)68-56-48-32-40(84(75,76)60-24-12-28-80-36(7)8)16-20-44(48)52(64-56)67-55-46-30-38(14-18-42(46)50(62-55)65-53)82(71,72)58-22-10-26-78-34(3)4;/h13-20,29-36,57-60H,9-12,21-28H2,1-8H3;/q-2;+2. The molecule has 0 fully saturated rings. The number of hydrogen-bond acceptors (Lipinski definition) is 18. The first kappa shape index (κ1) is 65.2. The summed E-state index contributed by atoms with van der Waals surface area (Å²) in [6.07, 6.45) is 1.50. The predicted molar refractivity (Wildman–Crippen MR) is 316 cm³/mol. The normalized spacial score (nSPS) is 12.9. The number of ether oxygens (including phenoxy) is 4. The Bertz CT molecular complexity index is 4120. The van der Waals surface area contributed by atoms with Gasteiger partial charge >= 0.3 is 17.1 Å². The van der Waals surface area contributed by atoms with Crippen molar-refractivity contribution in [1.82, 2.24) is 58.8 Å². The molecule has 9 rings (SSSR count). The van der Waals surface area contributed by atoms with E-state index in [-0.39, 0.29) is 156 Å². The Kier molecular flexibility index (Phi) is 21.1. The van der Waals surface area contributed by atoms with Crippen molar-refractivity contribution in [2.24, 2.45) is 0 Å². The van der Waals surface area contributed by atoms with Crippen molar-refractivity contribution in [2.75, 3.05) is 52.6 Å². The quantitative estimate of drug-likeness (QED) is 0.0304. The number of aromatic nitrogens is 8. The molecule has 2 aromatic heterocycles. The summed E-state index contributed by atoms with van der Waals surface area (Å²) in [6, 6.07) is 17.4. The van der Waals surface area contributed by atoms with E-state index in [0.717, 1.165) is 0 Å². The second kappa shape index (κ2) is 27.5. The average molecular weight is 1290 g/mol. The third-order valence-electron chi connectivity index (χ3n) is 13.1. The minimum Gasteiger partial charge on any atom is -0.523 e. The zero-order valence-corrected chi connectivity index (χ0v) is 52.3. The number of rotatable bonds is 28. The summed E-state index contributed by atoms with van der Waals surface area (Å²) in [7, 11) is -16.5. The van der Waals surface area contributed by atoms with E-state index >= 15 is 0 Å². The molecular weight excluding hydrogens is 1220 g/mol. The Morgan fingerprint density at radius 2 is 0.694 bits per heavy atom. The molecule has 0 saturated carbocycles. The van der Waals surface area contributed by atoms with Gasteiger partial charge in [-0.1, -0.05) is 12.1 Å². The molecule has 4 aromatic carbocycles. The van der Waals surface area contributed by atoms with Crippen LogP contribution in [0, 0.1) is 0 Å². The van der Waals surface area contributed by atoms with Gasteiger partial charge in [0.1, 0.15) is 0 Å². The molecule has 459 valence electrons. The summed E-state index contributed by atoms with van der Waals surface area (Å²) < 4.78 is 144. The van der Waals surface area contributed by atoms with Crippen LogP contribution in [0.3, 0.4) is 0 Å². The van der Waals surface area contributed by atoms with E-state index < -0.39 is 40.1 Å². The van der Waals surface area contributed by atoms with Crippen molar-refractivity contribution in [3.8, 4) is 68.3 Å². The van der Waals surface area contributed by atoms with Crippen LogP contribution in [-0.4, -0.2) is 141 Å². The SMILES string of the molecule is CC(C)OCCCNS(=O)(=O)c1ccc2c(c1)-c1nc3nc(nc4[n-]c([n-]c5nc(nc-2n1)-c1cc(S(=O)(=O)NCCCOC(C)C)ccc1-5)c1cc(S(=O)(=O)NCCCOC(C)C)ccc41)-c1cc(S(=O)(=O)NCCCOC(C)C)ccc1-3.[Cu+2]. The number of hydrogen-bond donors (Lipinski definition) is 4. The molecular formula is C56H68CuN12O12S4. The maximum atomic E-state index is 13.9. The minimum absolute atomic E-state index is 0. The third kappa shape index (κ3) is 15.7. The van der Waals surface area contributed by atoms with Crippen LogP contribution in [0.5, 0.6) is 0 Å². The average Bonchev–Trinajstić information content (AvgIpc) is 4.19. The Morgan fingerprint density at radius 1 is 0.376 bits per heavy atom. The zero-order chi connectivity index (χ0) is 60.1. The molecule has 6 aromatic rings. The van der Waals surface area contributed by atoms with Gasteiger partial charge in [0, 0.05) is 97.6 Å². The van der Waals surface area contributed by atoms with E-state index in [2.05, 4.69) is 18.9 Å². The molecule has 24 nitrogen and oxygen atoms in total. The maximum absolute atomic E-state index is 13.9. The van der Waals surface area contributed by atoms with Gasteiger partial charge in [-0.05, 0) is 153 Å². The van der Waals surface area contributed by atoms with Crippen LogP contribution in [0.25, 0.3) is 90.4 Å². The Labute approximate surface area is 506 Å². The molecule has 0 spiro atoms. The smallest absolute Gasteiger partial charge is 0.523 e. The van der Waals surface area contributed by atoms with E-state index in [0.29, 0.717) is 74.2 Å². The molecule has 0 saturated heterocycles. The van der Waals surface area contributed by atoms with Crippen molar-refractivity contribution >= 4 is 62.2 Å². The maximum Gasteiger partial charge on any atom is 2.00 e. The summed E-state index contributed by atoms with van der Waals surface area (Å²) in [5.74, 6) is -0.0633. The van der Waals surface area contributed by atoms with E-state index in [1.807, 2.05) is 55.4 Å². The van der Waals surface area contributed by atoms with Crippen LogP contribution in [0.4, 0.5) is 0 Å². The van der Waals surface area contributed by atoms with E-state index in [1.54, 1.807) is 0 Å². The van der Waals surface area contributed by atoms with Crippen molar-refractivity contribution < 1.29 is 69.7 Å². The summed E-state index contributed by atoms with van der Waals surface area (Å²) in [5, 5.41) is 0.558. The molecule has 8 bridgehead atoms. The minimum atomic E-state index is -4.12. The second-order valence-corrected chi connectivity index (χ2v) is 28.1. The Balaban J connectivity index is 0.00000940. The molecule has 1 radical (unpaired) electrons. The molecule has 4 N–H and O–H groups in total. The van der Waals surface area contributed by atoms with Crippen LogP contribution in [0.1, 0.15) is 81.1 Å². The van der Waals surface area contributed by atoms with Crippen LogP contribution < -0.4 is 28.9 Å². The summed E-state index contributed by atoms with van der Waals surface area (Å²) in [5.41, 5.74) is 1.65. The van der Waals surface area contributed by atoms with Gasteiger partial charge in [0.2, 0.25) is 40.1 Å². The van der Waals surface area contributed by atoms with Crippen LogP contribution in [-0.2, 0) is 76.1 Å². The third-order valence-corrected chi connectivity index (χ3v) is 18.9. The molecule has 0 aliphatic carbocycles. The summed E-state index contributed by atoms with van der Waals surface area (Å²) >= 11 is 0. The number of fused-ring (bicyclic) bond motifs is 20. The molecule has 29 heteroatoms. The largest absolute Gasteiger partial charge is 2.00 e. The van der Waals surface area contributed by atoms with Gasteiger partial charge in [0.25, 0.3) is 0 Å².